The molecule has 1 aromatic carbocycles. The minimum absolute atomic E-state index is 0. The van der Waals surface area contributed by atoms with Crippen LogP contribution in [0.15, 0.2) is 29.3 Å². The lowest BCUT2D eigenvalue weighted by Gasteiger charge is -2.29. The maximum Gasteiger partial charge on any atom is 0.416 e. The highest BCUT2D eigenvalue weighted by Crippen LogP contribution is 2.32. The van der Waals surface area contributed by atoms with Gasteiger partial charge in [0.25, 0.3) is 0 Å². The van der Waals surface area contributed by atoms with Gasteiger partial charge in [-0.2, -0.15) is 13.2 Å². The van der Waals surface area contributed by atoms with Gasteiger partial charge in [-0.15, -0.1) is 24.0 Å². The van der Waals surface area contributed by atoms with Crippen molar-refractivity contribution < 1.29 is 17.9 Å². The number of rotatable bonds is 3. The number of nitrogens with two attached hydrogens (primary N) is 1. The van der Waals surface area contributed by atoms with Crippen molar-refractivity contribution in [2.24, 2.45) is 10.7 Å². The van der Waals surface area contributed by atoms with Crippen LogP contribution in [0.25, 0.3) is 0 Å². The zero-order valence-corrected chi connectivity index (χ0v) is 16.1. The smallest absolute Gasteiger partial charge is 0.378 e. The molecule has 2 rings (SSSR count). The van der Waals surface area contributed by atoms with Crippen molar-refractivity contribution >= 4 is 29.9 Å². The van der Waals surface area contributed by atoms with Crippen molar-refractivity contribution in [2.75, 3.05) is 32.8 Å². The number of hydrogen-bond acceptors (Lipinski definition) is 2. The monoisotopic (exact) mass is 457 g/mol. The number of ether oxygens (including phenoxy) is 1. The molecule has 1 fully saturated rings. The summed E-state index contributed by atoms with van der Waals surface area (Å²) in [5, 5.41) is 0. The molecule has 0 atom stereocenters. The third-order valence-electron chi connectivity index (χ3n) is 3.94. The molecule has 8 heteroatoms. The van der Waals surface area contributed by atoms with Crippen LogP contribution in [0.4, 0.5) is 13.2 Å². The number of hydrogen-bond donors (Lipinski definition) is 1. The molecule has 1 aromatic rings. The molecule has 0 saturated carbocycles. The number of alkyl halides is 3. The Balaban J connectivity index is 0.00000288. The van der Waals surface area contributed by atoms with Crippen LogP contribution in [-0.4, -0.2) is 43.7 Å². The highest BCUT2D eigenvalue weighted by Gasteiger charge is 2.32. The molecule has 0 amide bonds. The molecule has 1 aliphatic heterocycles. The molecule has 1 saturated heterocycles. The van der Waals surface area contributed by atoms with Crippen molar-refractivity contribution in [3.05, 3.63) is 35.4 Å². The SMILES string of the molecule is CC(C)(CN=C(N)N1CCOCC1)c1cccc(C(F)(F)F)c1.I. The van der Waals surface area contributed by atoms with E-state index in [9.17, 15) is 13.2 Å². The first-order chi connectivity index (χ1) is 10.7. The van der Waals surface area contributed by atoms with Crippen LogP contribution in [0.5, 0.6) is 0 Å². The lowest BCUT2D eigenvalue weighted by molar-refractivity contribution is -0.137. The molecule has 0 spiro atoms. The lowest BCUT2D eigenvalue weighted by Crippen LogP contribution is -2.45. The number of guanidine groups is 1. The van der Waals surface area contributed by atoms with Gasteiger partial charge in [-0.3, -0.25) is 4.99 Å². The van der Waals surface area contributed by atoms with Crippen LogP contribution in [0.1, 0.15) is 25.0 Å². The first-order valence-corrected chi connectivity index (χ1v) is 7.50. The number of halogens is 4. The number of nitrogens with zero attached hydrogens (tertiary/aromatic N) is 2. The topological polar surface area (TPSA) is 50.8 Å². The first-order valence-electron chi connectivity index (χ1n) is 7.50. The van der Waals surface area contributed by atoms with E-state index in [-0.39, 0.29) is 24.0 Å². The Morgan fingerprint density at radius 3 is 2.38 bits per heavy atom. The van der Waals surface area contributed by atoms with E-state index in [4.69, 9.17) is 10.5 Å². The zero-order chi connectivity index (χ0) is 17.1. The van der Waals surface area contributed by atoms with Crippen molar-refractivity contribution in [1.82, 2.24) is 4.90 Å². The molecule has 0 aromatic heterocycles. The minimum atomic E-state index is -4.35. The number of benzene rings is 1. The fourth-order valence-electron chi connectivity index (χ4n) is 2.38. The maximum absolute atomic E-state index is 12.8. The third kappa shape index (κ3) is 5.51. The summed E-state index contributed by atoms with van der Waals surface area (Å²) in [6.07, 6.45) is -4.35. The van der Waals surface area contributed by atoms with E-state index in [2.05, 4.69) is 4.99 Å². The van der Waals surface area contributed by atoms with E-state index in [1.807, 2.05) is 18.7 Å². The predicted molar refractivity (Wildman–Crippen MR) is 98.8 cm³/mol. The maximum atomic E-state index is 12.8. The summed E-state index contributed by atoms with van der Waals surface area (Å²) in [6.45, 7) is 6.60. The van der Waals surface area contributed by atoms with Crippen LogP contribution in [0, 0.1) is 0 Å². The summed E-state index contributed by atoms with van der Waals surface area (Å²) >= 11 is 0. The Bertz CT molecular complexity index is 570. The molecule has 1 heterocycles. The Hall–Kier alpha value is -1.03. The van der Waals surface area contributed by atoms with Crippen LogP contribution in [0.3, 0.4) is 0 Å². The molecule has 0 unspecified atom stereocenters. The normalized spacial score (nSPS) is 16.7. The Morgan fingerprint density at radius 2 is 1.79 bits per heavy atom. The average Bonchev–Trinajstić information content (AvgIpc) is 2.53. The largest absolute Gasteiger partial charge is 0.416 e. The second-order valence-electron chi connectivity index (χ2n) is 6.24. The minimum Gasteiger partial charge on any atom is -0.378 e. The van der Waals surface area contributed by atoms with Crippen molar-refractivity contribution in [2.45, 2.75) is 25.4 Å². The molecule has 2 N–H and O–H groups in total. The Labute approximate surface area is 157 Å². The van der Waals surface area contributed by atoms with E-state index < -0.39 is 17.2 Å². The van der Waals surface area contributed by atoms with Crippen molar-refractivity contribution in [3.8, 4) is 0 Å². The standard InChI is InChI=1S/C16H22F3N3O.HI/c1-15(2,11-21-14(20)22-6-8-23-9-7-22)12-4-3-5-13(10-12)16(17,18)19;/h3-5,10H,6-9,11H2,1-2H3,(H2,20,21);1H. The second-order valence-corrected chi connectivity index (χ2v) is 6.24. The molecule has 0 aliphatic carbocycles. The van der Waals surface area contributed by atoms with E-state index >= 15 is 0 Å². The van der Waals surface area contributed by atoms with E-state index in [1.165, 1.54) is 12.1 Å². The van der Waals surface area contributed by atoms with Gasteiger partial charge >= 0.3 is 6.18 Å². The van der Waals surface area contributed by atoms with Crippen molar-refractivity contribution in [1.29, 1.82) is 0 Å². The van der Waals surface area contributed by atoms with Gasteiger partial charge in [0, 0.05) is 18.5 Å². The fraction of sp³-hybridized carbons (Fsp3) is 0.562. The zero-order valence-electron chi connectivity index (χ0n) is 13.8. The van der Waals surface area contributed by atoms with E-state index in [0.29, 0.717) is 44.4 Å². The van der Waals surface area contributed by atoms with E-state index in [1.54, 1.807) is 6.07 Å². The van der Waals surface area contributed by atoms with Gasteiger partial charge in [0.1, 0.15) is 0 Å². The summed E-state index contributed by atoms with van der Waals surface area (Å²) in [4.78, 5) is 6.29. The molecule has 0 radical (unpaired) electrons. The predicted octanol–water partition coefficient (Wildman–Crippen LogP) is 3.25. The highest BCUT2D eigenvalue weighted by molar-refractivity contribution is 14.0. The average molecular weight is 457 g/mol. The van der Waals surface area contributed by atoms with Gasteiger partial charge in [0.05, 0.1) is 25.3 Å². The summed E-state index contributed by atoms with van der Waals surface area (Å²) < 4.78 is 43.8. The summed E-state index contributed by atoms with van der Waals surface area (Å²) in [5.74, 6) is 0.411. The van der Waals surface area contributed by atoms with Crippen LogP contribution >= 0.6 is 24.0 Å². The Morgan fingerprint density at radius 1 is 1.21 bits per heavy atom. The molecule has 24 heavy (non-hydrogen) atoms. The molecule has 136 valence electrons. The van der Waals surface area contributed by atoms with Crippen molar-refractivity contribution in [3.63, 3.8) is 0 Å². The molecule has 0 bridgehead atoms. The molecular formula is C16H23F3IN3O. The summed E-state index contributed by atoms with van der Waals surface area (Å²) in [6, 6.07) is 5.37. The van der Waals surface area contributed by atoms with Gasteiger partial charge in [-0.25, -0.2) is 0 Å². The summed E-state index contributed by atoms with van der Waals surface area (Å²) in [7, 11) is 0. The first kappa shape index (κ1) is 21.0. The Kier molecular flexibility index (Phi) is 7.33. The molecule has 4 nitrogen and oxygen atoms in total. The quantitative estimate of drug-likeness (QED) is 0.431. The van der Waals surface area contributed by atoms with Gasteiger partial charge in [0.15, 0.2) is 5.96 Å². The second kappa shape index (κ2) is 8.37. The van der Waals surface area contributed by atoms with E-state index in [0.717, 1.165) is 6.07 Å². The van der Waals surface area contributed by atoms with Gasteiger partial charge < -0.3 is 15.4 Å². The third-order valence-corrected chi connectivity index (χ3v) is 3.94. The summed E-state index contributed by atoms with van der Waals surface area (Å²) in [5.41, 5.74) is 5.37. The van der Waals surface area contributed by atoms with Crippen LogP contribution < -0.4 is 5.73 Å². The number of morpholine rings is 1. The molecular weight excluding hydrogens is 434 g/mol. The fourth-order valence-corrected chi connectivity index (χ4v) is 2.38. The van der Waals surface area contributed by atoms with Crippen LogP contribution in [0.2, 0.25) is 0 Å². The van der Waals surface area contributed by atoms with Crippen LogP contribution in [-0.2, 0) is 16.3 Å². The lowest BCUT2D eigenvalue weighted by atomic mass is 9.84. The van der Waals surface area contributed by atoms with Gasteiger partial charge in [-0.05, 0) is 11.6 Å². The molecule has 1 aliphatic rings. The van der Waals surface area contributed by atoms with Gasteiger partial charge in [-0.1, -0.05) is 32.0 Å². The van der Waals surface area contributed by atoms with Gasteiger partial charge in [0.2, 0.25) is 0 Å². The highest BCUT2D eigenvalue weighted by atomic mass is 127. The number of aliphatic imine (C=N–C) groups is 1.